The van der Waals surface area contributed by atoms with Crippen LogP contribution in [0.1, 0.15) is 18.2 Å². The molecule has 0 saturated carbocycles. The molecule has 0 aliphatic rings. The van der Waals surface area contributed by atoms with Gasteiger partial charge in [0.1, 0.15) is 0 Å². The van der Waals surface area contributed by atoms with Gasteiger partial charge in [-0.2, -0.15) is 0 Å². The molecule has 146 valence electrons. The van der Waals surface area contributed by atoms with Crippen molar-refractivity contribution in [2.24, 2.45) is 4.99 Å². The zero-order valence-electron chi connectivity index (χ0n) is 16.6. The summed E-state index contributed by atoms with van der Waals surface area (Å²) in [4.78, 5) is 17.6. The molecular weight excluding hydrogens is 358 g/mol. The van der Waals surface area contributed by atoms with Crippen LogP contribution < -0.4 is 19.8 Å². The molecule has 0 saturated heterocycles. The summed E-state index contributed by atoms with van der Waals surface area (Å²) in [6, 6.07) is 12.9. The van der Waals surface area contributed by atoms with Crippen LogP contribution in [-0.4, -0.2) is 36.8 Å². The molecule has 0 radical (unpaired) electrons. The molecule has 3 aromatic rings. The van der Waals surface area contributed by atoms with E-state index >= 15 is 0 Å². The third kappa shape index (κ3) is 3.51. The van der Waals surface area contributed by atoms with Crippen LogP contribution in [0.15, 0.2) is 52.3 Å². The van der Waals surface area contributed by atoms with E-state index < -0.39 is 0 Å². The van der Waals surface area contributed by atoms with Gasteiger partial charge in [-0.15, -0.1) is 0 Å². The first kappa shape index (κ1) is 19.3. The van der Waals surface area contributed by atoms with Gasteiger partial charge in [0.25, 0.3) is 5.56 Å². The Morgan fingerprint density at radius 3 is 2.14 bits per heavy atom. The molecule has 0 atom stereocenters. The van der Waals surface area contributed by atoms with E-state index in [0.717, 1.165) is 11.4 Å². The van der Waals surface area contributed by atoms with Crippen molar-refractivity contribution in [2.75, 3.05) is 21.3 Å². The molecule has 0 aliphatic heterocycles. The van der Waals surface area contributed by atoms with Crippen molar-refractivity contribution >= 4 is 11.4 Å². The first-order valence-corrected chi connectivity index (χ1v) is 8.72. The minimum absolute atomic E-state index is 0.155. The molecule has 3 rings (SSSR count). The van der Waals surface area contributed by atoms with Gasteiger partial charge in [0, 0.05) is 17.8 Å². The number of rotatable bonds is 6. The monoisotopic (exact) mass is 381 g/mol. The van der Waals surface area contributed by atoms with E-state index in [-0.39, 0.29) is 5.56 Å². The Bertz CT molecular complexity index is 1040. The standard InChI is InChI=1S/C21H23N3O4/c1-13(22-15-11-17(26-3)20(28-5)18(12-15)27-4)19-14(2)23-24(21(19)25)16-9-7-6-8-10-16/h6-12,23H,1-5H3. The quantitative estimate of drug-likeness (QED) is 0.661. The zero-order valence-corrected chi connectivity index (χ0v) is 16.6. The molecule has 28 heavy (non-hydrogen) atoms. The maximum absolute atomic E-state index is 13.0. The Labute approximate surface area is 163 Å². The van der Waals surface area contributed by atoms with Gasteiger partial charge < -0.3 is 14.2 Å². The Balaban J connectivity index is 2.08. The number of ether oxygens (including phenoxy) is 3. The SMILES string of the molecule is COc1cc(N=C(C)c2c(C)[nH]n(-c3ccccc3)c2=O)cc(OC)c1OC. The number of hydrogen-bond acceptors (Lipinski definition) is 5. The van der Waals surface area contributed by atoms with E-state index in [1.807, 2.05) is 37.3 Å². The van der Waals surface area contributed by atoms with E-state index in [4.69, 9.17) is 14.2 Å². The summed E-state index contributed by atoms with van der Waals surface area (Å²) in [6.07, 6.45) is 0. The van der Waals surface area contributed by atoms with Crippen molar-refractivity contribution in [3.05, 3.63) is 64.1 Å². The Morgan fingerprint density at radius 2 is 1.61 bits per heavy atom. The van der Waals surface area contributed by atoms with E-state index in [2.05, 4.69) is 10.1 Å². The lowest BCUT2D eigenvalue weighted by molar-refractivity contribution is 0.324. The summed E-state index contributed by atoms with van der Waals surface area (Å²) in [5, 5.41) is 3.11. The van der Waals surface area contributed by atoms with Crippen LogP contribution in [0, 0.1) is 6.92 Å². The predicted molar refractivity (Wildman–Crippen MR) is 109 cm³/mol. The lowest BCUT2D eigenvalue weighted by Crippen LogP contribution is -2.19. The van der Waals surface area contributed by atoms with Gasteiger partial charge in [-0.05, 0) is 26.0 Å². The van der Waals surface area contributed by atoms with Crippen molar-refractivity contribution in [3.8, 4) is 22.9 Å². The summed E-state index contributed by atoms with van der Waals surface area (Å²) >= 11 is 0. The van der Waals surface area contributed by atoms with Gasteiger partial charge >= 0.3 is 0 Å². The number of para-hydroxylation sites is 1. The van der Waals surface area contributed by atoms with Crippen molar-refractivity contribution in [2.45, 2.75) is 13.8 Å². The minimum atomic E-state index is -0.155. The number of benzene rings is 2. The van der Waals surface area contributed by atoms with Gasteiger partial charge in [0.2, 0.25) is 5.75 Å². The maximum atomic E-state index is 13.0. The van der Waals surface area contributed by atoms with Crippen LogP contribution in [0.2, 0.25) is 0 Å². The lowest BCUT2D eigenvalue weighted by atomic mass is 10.1. The Hall–Kier alpha value is -3.48. The average molecular weight is 381 g/mol. The number of aliphatic imine (C=N–C) groups is 1. The van der Waals surface area contributed by atoms with Gasteiger partial charge in [-0.1, -0.05) is 18.2 Å². The number of aryl methyl sites for hydroxylation is 1. The molecule has 0 fully saturated rings. The van der Waals surface area contributed by atoms with Crippen LogP contribution >= 0.6 is 0 Å². The fraction of sp³-hybridized carbons (Fsp3) is 0.238. The fourth-order valence-corrected chi connectivity index (χ4v) is 3.11. The van der Waals surface area contributed by atoms with Gasteiger partial charge in [0.15, 0.2) is 11.5 Å². The average Bonchev–Trinajstić information content (AvgIpc) is 3.01. The molecule has 1 N–H and O–H groups in total. The van der Waals surface area contributed by atoms with Crippen molar-refractivity contribution in [3.63, 3.8) is 0 Å². The molecule has 0 aliphatic carbocycles. The first-order chi connectivity index (χ1) is 13.5. The van der Waals surface area contributed by atoms with Crippen LogP contribution in [0.25, 0.3) is 5.69 Å². The molecule has 1 heterocycles. The number of nitrogens with one attached hydrogen (secondary N) is 1. The summed E-state index contributed by atoms with van der Waals surface area (Å²) < 4.78 is 17.6. The first-order valence-electron chi connectivity index (χ1n) is 8.72. The second kappa shape index (κ2) is 8.04. The van der Waals surface area contributed by atoms with Gasteiger partial charge in [-0.3, -0.25) is 14.9 Å². The summed E-state index contributed by atoms with van der Waals surface area (Å²) in [5.74, 6) is 1.49. The summed E-state index contributed by atoms with van der Waals surface area (Å²) in [7, 11) is 4.64. The largest absolute Gasteiger partial charge is 0.493 e. The zero-order chi connectivity index (χ0) is 20.3. The minimum Gasteiger partial charge on any atom is -0.493 e. The number of H-pyrrole nitrogens is 1. The van der Waals surface area contributed by atoms with Crippen molar-refractivity contribution < 1.29 is 14.2 Å². The maximum Gasteiger partial charge on any atom is 0.280 e. The molecule has 7 nitrogen and oxygen atoms in total. The summed E-state index contributed by atoms with van der Waals surface area (Å²) in [6.45, 7) is 3.65. The van der Waals surface area contributed by atoms with Crippen molar-refractivity contribution in [1.82, 2.24) is 9.78 Å². The molecule has 1 aromatic heterocycles. The fourth-order valence-electron chi connectivity index (χ4n) is 3.11. The molecule has 7 heteroatoms. The second-order valence-electron chi connectivity index (χ2n) is 6.17. The number of methoxy groups -OCH3 is 3. The van der Waals surface area contributed by atoms with Gasteiger partial charge in [-0.25, -0.2) is 4.68 Å². The van der Waals surface area contributed by atoms with E-state index in [1.54, 1.807) is 40.4 Å². The highest BCUT2D eigenvalue weighted by Gasteiger charge is 2.17. The third-order valence-electron chi connectivity index (χ3n) is 4.39. The number of aromatic amines is 1. The van der Waals surface area contributed by atoms with E-state index in [0.29, 0.717) is 34.2 Å². The number of aromatic nitrogens is 2. The summed E-state index contributed by atoms with van der Waals surface area (Å²) in [5.41, 5.74) is 3.06. The molecule has 0 unspecified atom stereocenters. The van der Waals surface area contributed by atoms with E-state index in [1.165, 1.54) is 4.68 Å². The highest BCUT2D eigenvalue weighted by atomic mass is 16.5. The van der Waals surface area contributed by atoms with Crippen LogP contribution in [-0.2, 0) is 0 Å². The van der Waals surface area contributed by atoms with Gasteiger partial charge in [0.05, 0.1) is 44.0 Å². The predicted octanol–water partition coefficient (Wildman–Crippen LogP) is 3.64. The van der Waals surface area contributed by atoms with Crippen LogP contribution in [0.4, 0.5) is 5.69 Å². The topological polar surface area (TPSA) is 77.8 Å². The number of hydrogen-bond donors (Lipinski definition) is 1. The molecular formula is C21H23N3O4. The Morgan fingerprint density at radius 1 is 1.00 bits per heavy atom. The molecule has 0 amide bonds. The number of nitrogens with zero attached hydrogens (tertiary/aromatic N) is 2. The smallest absolute Gasteiger partial charge is 0.280 e. The molecule has 0 spiro atoms. The van der Waals surface area contributed by atoms with Crippen molar-refractivity contribution in [1.29, 1.82) is 0 Å². The highest BCUT2D eigenvalue weighted by Crippen LogP contribution is 2.40. The van der Waals surface area contributed by atoms with Crippen LogP contribution in [0.5, 0.6) is 17.2 Å². The molecule has 0 bridgehead atoms. The molecule has 2 aromatic carbocycles. The highest BCUT2D eigenvalue weighted by molar-refractivity contribution is 6.01. The van der Waals surface area contributed by atoms with E-state index in [9.17, 15) is 4.79 Å². The third-order valence-corrected chi connectivity index (χ3v) is 4.39. The normalized spacial score (nSPS) is 11.4. The Kier molecular flexibility index (Phi) is 5.54. The second-order valence-corrected chi connectivity index (χ2v) is 6.17. The lowest BCUT2D eigenvalue weighted by Gasteiger charge is -2.12. The van der Waals surface area contributed by atoms with Crippen LogP contribution in [0.3, 0.4) is 0 Å².